The summed E-state index contributed by atoms with van der Waals surface area (Å²) >= 11 is 12.1. The predicted octanol–water partition coefficient (Wildman–Crippen LogP) is 3.46. The number of benzene rings is 1. The first kappa shape index (κ1) is 16.8. The molecular weight excluding hydrogens is 387 g/mol. The Morgan fingerprint density at radius 3 is 2.72 bits per heavy atom. The van der Waals surface area contributed by atoms with Crippen LogP contribution in [0.2, 0.25) is 10.3 Å². The minimum atomic E-state index is -3.40. The summed E-state index contributed by atoms with van der Waals surface area (Å²) in [7, 11) is -3.40. The molecule has 2 aromatic rings. The Kier molecular flexibility index (Phi) is 4.23. The number of hydrogen-bond acceptors (Lipinski definition) is 6. The Morgan fingerprint density at radius 1 is 1.16 bits per heavy atom. The Hall–Kier alpha value is -1.61. The van der Waals surface area contributed by atoms with Crippen LogP contribution in [0.4, 0.5) is 17.2 Å². The summed E-state index contributed by atoms with van der Waals surface area (Å²) in [6, 6.07) is 4.98. The molecule has 4 rings (SSSR count). The number of nitrogens with one attached hydrogen (secondary N) is 2. The fourth-order valence-electron chi connectivity index (χ4n) is 2.56. The van der Waals surface area contributed by atoms with E-state index in [4.69, 9.17) is 27.9 Å². The smallest absolute Gasteiger partial charge is 0.235 e. The summed E-state index contributed by atoms with van der Waals surface area (Å²) in [6.07, 6.45) is 1.35. The summed E-state index contributed by atoms with van der Waals surface area (Å²) in [5.74, 6) is 0.533. The van der Waals surface area contributed by atoms with Gasteiger partial charge in [0.05, 0.1) is 34.9 Å². The van der Waals surface area contributed by atoms with E-state index < -0.39 is 10.0 Å². The van der Waals surface area contributed by atoms with E-state index in [-0.39, 0.29) is 10.5 Å². The Balaban J connectivity index is 1.63. The monoisotopic (exact) mass is 400 g/mol. The lowest BCUT2D eigenvalue weighted by Gasteiger charge is -2.13. The molecule has 0 radical (unpaired) electrons. The Labute approximate surface area is 154 Å². The average molecular weight is 401 g/mol. The van der Waals surface area contributed by atoms with Crippen molar-refractivity contribution in [2.24, 2.45) is 0 Å². The van der Waals surface area contributed by atoms with E-state index in [0.717, 1.165) is 11.3 Å². The lowest BCUT2D eigenvalue weighted by atomic mass is 10.2. The topological polar surface area (TPSA) is 93.2 Å². The molecule has 1 aromatic carbocycles. The van der Waals surface area contributed by atoms with Crippen LogP contribution in [-0.2, 0) is 28.0 Å². The molecule has 0 atom stereocenters. The van der Waals surface area contributed by atoms with Crippen LogP contribution >= 0.6 is 23.2 Å². The number of aromatic nitrogens is 2. The molecule has 25 heavy (non-hydrogen) atoms. The number of hydrogen-bond donors (Lipinski definition) is 2. The molecule has 0 bridgehead atoms. The highest BCUT2D eigenvalue weighted by atomic mass is 35.5. The highest BCUT2D eigenvalue weighted by molar-refractivity contribution is 7.93. The highest BCUT2D eigenvalue weighted by Crippen LogP contribution is 2.34. The summed E-state index contributed by atoms with van der Waals surface area (Å²) in [5.41, 5.74) is 2.53. The first-order valence-electron chi connectivity index (χ1n) is 7.63. The molecule has 0 unspecified atom stereocenters. The van der Waals surface area contributed by atoms with Crippen molar-refractivity contribution in [1.29, 1.82) is 0 Å². The maximum atomic E-state index is 12.1. The minimum absolute atomic E-state index is 0.121. The molecular formula is C15H14Cl2N4O3S. The fourth-order valence-corrected chi connectivity index (χ4v) is 4.36. The van der Waals surface area contributed by atoms with E-state index in [9.17, 15) is 8.42 Å². The molecule has 1 aliphatic carbocycles. The van der Waals surface area contributed by atoms with Crippen LogP contribution in [0.5, 0.6) is 0 Å². The predicted molar refractivity (Wildman–Crippen MR) is 95.8 cm³/mol. The van der Waals surface area contributed by atoms with E-state index in [0.29, 0.717) is 48.3 Å². The van der Waals surface area contributed by atoms with Crippen molar-refractivity contribution >= 4 is 50.4 Å². The second kappa shape index (κ2) is 6.28. The maximum Gasteiger partial charge on any atom is 0.235 e. The number of ether oxygens (including phenoxy) is 1. The van der Waals surface area contributed by atoms with Crippen LogP contribution in [0.15, 0.2) is 18.2 Å². The standard InChI is InChI=1S/C15H14Cl2N4O3S/c16-11-4-1-8(5-12(11)21-25(22,23)9-2-3-9)18-14-10-6-24-7-13(10)19-15(17)20-14/h1,4-5,9,21H,2-3,6-7H2,(H,18,19,20). The third-order valence-electron chi connectivity index (χ3n) is 4.00. The molecule has 0 spiro atoms. The van der Waals surface area contributed by atoms with Crippen LogP contribution in [0.25, 0.3) is 0 Å². The number of anilines is 3. The quantitative estimate of drug-likeness (QED) is 0.746. The summed E-state index contributed by atoms with van der Waals surface area (Å²) < 4.78 is 32.2. The molecule has 132 valence electrons. The molecule has 10 heteroatoms. The van der Waals surface area contributed by atoms with E-state index in [1.807, 2.05) is 0 Å². The molecule has 1 saturated carbocycles. The van der Waals surface area contributed by atoms with Gasteiger partial charge in [-0.15, -0.1) is 0 Å². The number of nitrogens with zero attached hydrogens (tertiary/aromatic N) is 2. The van der Waals surface area contributed by atoms with Crippen molar-refractivity contribution in [2.75, 3.05) is 10.0 Å². The molecule has 2 heterocycles. The van der Waals surface area contributed by atoms with Crippen molar-refractivity contribution in [3.8, 4) is 0 Å². The van der Waals surface area contributed by atoms with Crippen molar-refractivity contribution in [3.05, 3.63) is 39.8 Å². The van der Waals surface area contributed by atoms with Gasteiger partial charge in [0.25, 0.3) is 0 Å². The van der Waals surface area contributed by atoms with Crippen LogP contribution in [-0.4, -0.2) is 23.6 Å². The molecule has 2 aliphatic rings. The van der Waals surface area contributed by atoms with Gasteiger partial charge in [-0.1, -0.05) is 11.6 Å². The Bertz CT molecular complexity index is 948. The second-order valence-electron chi connectivity index (χ2n) is 5.93. The first-order valence-corrected chi connectivity index (χ1v) is 9.94. The Morgan fingerprint density at radius 2 is 1.96 bits per heavy atom. The van der Waals surface area contributed by atoms with E-state index in [1.165, 1.54) is 0 Å². The van der Waals surface area contributed by atoms with Gasteiger partial charge in [0.15, 0.2) is 0 Å². The third kappa shape index (κ3) is 3.52. The molecule has 0 amide bonds. The van der Waals surface area contributed by atoms with Crippen molar-refractivity contribution < 1.29 is 13.2 Å². The SMILES string of the molecule is O=S(=O)(Nc1cc(Nc2nc(Cl)nc3c2COC3)ccc1Cl)C1CC1. The van der Waals surface area contributed by atoms with Crippen LogP contribution in [0.3, 0.4) is 0 Å². The zero-order valence-corrected chi connectivity index (χ0v) is 15.2. The minimum Gasteiger partial charge on any atom is -0.370 e. The second-order valence-corrected chi connectivity index (χ2v) is 8.63. The van der Waals surface area contributed by atoms with E-state index in [1.54, 1.807) is 18.2 Å². The van der Waals surface area contributed by atoms with Gasteiger partial charge in [-0.3, -0.25) is 4.72 Å². The zero-order chi connectivity index (χ0) is 17.6. The van der Waals surface area contributed by atoms with Crippen LogP contribution in [0.1, 0.15) is 24.1 Å². The van der Waals surface area contributed by atoms with E-state index >= 15 is 0 Å². The van der Waals surface area contributed by atoms with Crippen molar-refractivity contribution in [2.45, 2.75) is 31.3 Å². The molecule has 0 saturated heterocycles. The molecule has 2 N–H and O–H groups in total. The average Bonchev–Trinajstić information content (AvgIpc) is 3.31. The fraction of sp³-hybridized carbons (Fsp3) is 0.333. The van der Waals surface area contributed by atoms with Crippen molar-refractivity contribution in [1.82, 2.24) is 9.97 Å². The van der Waals surface area contributed by atoms with Gasteiger partial charge in [-0.2, -0.15) is 0 Å². The van der Waals surface area contributed by atoms with E-state index in [2.05, 4.69) is 20.0 Å². The number of fused-ring (bicyclic) bond motifs is 1. The third-order valence-corrected chi connectivity index (χ3v) is 6.35. The maximum absolute atomic E-state index is 12.1. The molecule has 7 nitrogen and oxygen atoms in total. The van der Waals surface area contributed by atoms with Gasteiger partial charge in [0.2, 0.25) is 15.3 Å². The number of rotatable bonds is 5. The van der Waals surface area contributed by atoms with Crippen LogP contribution < -0.4 is 10.0 Å². The van der Waals surface area contributed by atoms with Gasteiger partial charge >= 0.3 is 0 Å². The largest absolute Gasteiger partial charge is 0.370 e. The number of sulfonamides is 1. The lowest BCUT2D eigenvalue weighted by molar-refractivity contribution is 0.133. The normalized spacial score (nSPS) is 16.6. The lowest BCUT2D eigenvalue weighted by Crippen LogP contribution is -2.17. The van der Waals surface area contributed by atoms with Crippen molar-refractivity contribution in [3.63, 3.8) is 0 Å². The molecule has 1 aliphatic heterocycles. The van der Waals surface area contributed by atoms with Gasteiger partial charge in [0.1, 0.15) is 5.82 Å². The summed E-state index contributed by atoms with van der Waals surface area (Å²) in [5, 5.41) is 3.25. The number of halogens is 2. The van der Waals surface area contributed by atoms with Gasteiger partial charge in [-0.05, 0) is 42.6 Å². The van der Waals surface area contributed by atoms with Gasteiger partial charge in [0, 0.05) is 11.3 Å². The summed E-state index contributed by atoms with van der Waals surface area (Å²) in [6.45, 7) is 0.781. The first-order chi connectivity index (χ1) is 11.9. The molecule has 1 fully saturated rings. The zero-order valence-electron chi connectivity index (χ0n) is 12.9. The highest BCUT2D eigenvalue weighted by Gasteiger charge is 2.36. The van der Waals surface area contributed by atoms with Gasteiger partial charge < -0.3 is 10.1 Å². The summed E-state index contributed by atoms with van der Waals surface area (Å²) in [4.78, 5) is 8.34. The molecule has 1 aromatic heterocycles. The van der Waals surface area contributed by atoms with Gasteiger partial charge in [-0.25, -0.2) is 18.4 Å². The van der Waals surface area contributed by atoms with Crippen LogP contribution in [0, 0.1) is 0 Å².